The summed E-state index contributed by atoms with van der Waals surface area (Å²) in [6.45, 7) is -0.583. The summed E-state index contributed by atoms with van der Waals surface area (Å²) in [7, 11) is 2.76. The molecule has 0 atom stereocenters. The van der Waals surface area contributed by atoms with Crippen LogP contribution in [0, 0.1) is 0 Å². The van der Waals surface area contributed by atoms with Gasteiger partial charge in [-0.05, 0) is 35.9 Å². The first-order chi connectivity index (χ1) is 13.9. The Bertz CT molecular complexity index is 961. The second kappa shape index (κ2) is 8.34. The number of hydrazine groups is 1. The number of carbonyl (C=O) groups is 3. The third-order valence-electron chi connectivity index (χ3n) is 4.04. The van der Waals surface area contributed by atoms with Crippen LogP contribution in [0.1, 0.15) is 5.56 Å². The maximum absolute atomic E-state index is 12.7. The highest BCUT2D eigenvalue weighted by Gasteiger charge is 2.34. The average Bonchev–Trinajstić information content (AvgIpc) is 3.00. The lowest BCUT2D eigenvalue weighted by Crippen LogP contribution is -2.35. The number of carbonyl (C=O) groups excluding carboxylic acids is 2. The van der Waals surface area contributed by atoms with E-state index in [9.17, 15) is 14.4 Å². The number of nitrogens with zero attached hydrogens (tertiary/aromatic N) is 1. The predicted molar refractivity (Wildman–Crippen MR) is 103 cm³/mol. The molecule has 0 radical (unpaired) electrons. The number of carboxylic acid groups (broad SMARTS) is 1. The number of benzene rings is 2. The Labute approximate surface area is 166 Å². The van der Waals surface area contributed by atoms with Crippen LogP contribution in [0.2, 0.25) is 0 Å². The zero-order valence-electron chi connectivity index (χ0n) is 15.7. The van der Waals surface area contributed by atoms with Crippen molar-refractivity contribution in [3.8, 4) is 17.2 Å². The van der Waals surface area contributed by atoms with E-state index in [1.807, 2.05) is 0 Å². The molecular formula is C20H18N2O7. The monoisotopic (exact) mass is 398 g/mol. The van der Waals surface area contributed by atoms with Crippen LogP contribution < -0.4 is 24.6 Å². The topological polar surface area (TPSA) is 114 Å². The van der Waals surface area contributed by atoms with Crippen LogP contribution in [0.3, 0.4) is 0 Å². The second-order valence-electron chi connectivity index (χ2n) is 5.91. The summed E-state index contributed by atoms with van der Waals surface area (Å²) in [5, 5.41) is 9.98. The largest absolute Gasteiger partial charge is 0.493 e. The van der Waals surface area contributed by atoms with Gasteiger partial charge in [0.25, 0.3) is 11.8 Å². The Morgan fingerprint density at radius 3 is 2.28 bits per heavy atom. The highest BCUT2D eigenvalue weighted by atomic mass is 16.5. The first kappa shape index (κ1) is 19.7. The molecule has 29 heavy (non-hydrogen) atoms. The van der Waals surface area contributed by atoms with E-state index in [1.165, 1.54) is 32.4 Å². The molecule has 0 aliphatic carbocycles. The lowest BCUT2D eigenvalue weighted by atomic mass is 10.1. The van der Waals surface area contributed by atoms with Gasteiger partial charge in [0.05, 0.1) is 19.9 Å². The van der Waals surface area contributed by atoms with Crippen LogP contribution in [0.25, 0.3) is 6.08 Å². The first-order valence-electron chi connectivity index (χ1n) is 8.47. The van der Waals surface area contributed by atoms with Crippen molar-refractivity contribution in [2.24, 2.45) is 0 Å². The number of amides is 2. The van der Waals surface area contributed by atoms with E-state index in [1.54, 1.807) is 30.3 Å². The molecular weight excluding hydrogens is 380 g/mol. The van der Waals surface area contributed by atoms with Crippen molar-refractivity contribution in [3.63, 3.8) is 0 Å². The van der Waals surface area contributed by atoms with Gasteiger partial charge in [-0.15, -0.1) is 0 Å². The Balaban J connectivity index is 1.96. The Morgan fingerprint density at radius 1 is 1.10 bits per heavy atom. The zero-order valence-corrected chi connectivity index (χ0v) is 15.7. The molecule has 150 valence electrons. The second-order valence-corrected chi connectivity index (χ2v) is 5.91. The van der Waals surface area contributed by atoms with Gasteiger partial charge >= 0.3 is 5.97 Å². The SMILES string of the molecule is COc1cc(/C=C2/C(=O)NN(c3ccccc3)C2=O)cc(OC)c1OCC(=O)O. The molecule has 0 unspecified atom stereocenters. The molecule has 9 nitrogen and oxygen atoms in total. The standard InChI is InChI=1S/C20H18N2O7/c1-27-15-9-12(10-16(28-2)18(15)29-11-17(23)24)8-14-19(25)21-22(20(14)26)13-6-4-3-5-7-13/h3-10H,11H2,1-2H3,(H,21,25)(H,23,24)/b14-8-. The number of para-hydroxylation sites is 1. The fourth-order valence-electron chi connectivity index (χ4n) is 2.74. The summed E-state index contributed by atoms with van der Waals surface area (Å²) >= 11 is 0. The molecule has 1 fully saturated rings. The van der Waals surface area contributed by atoms with Gasteiger partial charge < -0.3 is 19.3 Å². The molecule has 9 heteroatoms. The summed E-state index contributed by atoms with van der Waals surface area (Å²) < 4.78 is 15.7. The van der Waals surface area contributed by atoms with Crippen LogP contribution in [0.4, 0.5) is 5.69 Å². The van der Waals surface area contributed by atoms with Crippen LogP contribution in [0.5, 0.6) is 17.2 Å². The average molecular weight is 398 g/mol. The van der Waals surface area contributed by atoms with Crippen molar-refractivity contribution in [3.05, 3.63) is 53.6 Å². The number of aliphatic carboxylic acids is 1. The Hall–Kier alpha value is -4.01. The van der Waals surface area contributed by atoms with E-state index in [0.717, 1.165) is 5.01 Å². The third-order valence-corrected chi connectivity index (χ3v) is 4.04. The van der Waals surface area contributed by atoms with Gasteiger partial charge in [-0.1, -0.05) is 18.2 Å². The molecule has 2 N–H and O–H groups in total. The minimum absolute atomic E-state index is 0.0721. The van der Waals surface area contributed by atoms with Crippen LogP contribution in [-0.2, 0) is 14.4 Å². The van der Waals surface area contributed by atoms with E-state index in [4.69, 9.17) is 19.3 Å². The predicted octanol–water partition coefficient (Wildman–Crippen LogP) is 1.63. The zero-order chi connectivity index (χ0) is 21.0. The van der Waals surface area contributed by atoms with Crippen LogP contribution in [0.15, 0.2) is 48.0 Å². The maximum Gasteiger partial charge on any atom is 0.341 e. The number of nitrogens with one attached hydrogen (secondary N) is 1. The number of carboxylic acids is 1. The summed E-state index contributed by atoms with van der Waals surface area (Å²) in [6.07, 6.45) is 1.40. The fraction of sp³-hybridized carbons (Fsp3) is 0.150. The molecule has 0 spiro atoms. The number of ether oxygens (including phenoxy) is 3. The molecule has 2 aromatic rings. The summed E-state index contributed by atoms with van der Waals surface area (Å²) in [5.41, 5.74) is 3.41. The Kier molecular flexibility index (Phi) is 5.68. The van der Waals surface area contributed by atoms with Crippen LogP contribution >= 0.6 is 0 Å². The molecule has 1 heterocycles. The van der Waals surface area contributed by atoms with Gasteiger partial charge in [0.2, 0.25) is 5.75 Å². The molecule has 0 bridgehead atoms. The fourth-order valence-corrected chi connectivity index (χ4v) is 2.74. The number of hydrogen-bond acceptors (Lipinski definition) is 6. The van der Waals surface area contributed by atoms with Crippen molar-refractivity contribution in [1.29, 1.82) is 0 Å². The normalized spacial score (nSPS) is 14.7. The molecule has 0 saturated carbocycles. The Morgan fingerprint density at radius 2 is 1.72 bits per heavy atom. The van der Waals surface area contributed by atoms with Crippen molar-refractivity contribution in [1.82, 2.24) is 5.43 Å². The van der Waals surface area contributed by atoms with Gasteiger partial charge in [0.1, 0.15) is 5.57 Å². The number of anilines is 1. The lowest BCUT2D eigenvalue weighted by molar-refractivity contribution is -0.139. The van der Waals surface area contributed by atoms with Crippen molar-refractivity contribution in [2.75, 3.05) is 25.8 Å². The highest BCUT2D eigenvalue weighted by Crippen LogP contribution is 2.39. The number of methoxy groups -OCH3 is 2. The van der Waals surface area contributed by atoms with Gasteiger partial charge in [-0.3, -0.25) is 15.0 Å². The van der Waals surface area contributed by atoms with Crippen LogP contribution in [-0.4, -0.2) is 43.7 Å². The van der Waals surface area contributed by atoms with Gasteiger partial charge in [0.15, 0.2) is 18.1 Å². The summed E-state index contributed by atoms with van der Waals surface area (Å²) in [5.74, 6) is -1.72. The molecule has 0 aromatic heterocycles. The smallest absolute Gasteiger partial charge is 0.341 e. The quantitative estimate of drug-likeness (QED) is 0.538. The summed E-state index contributed by atoms with van der Waals surface area (Å²) in [6, 6.07) is 11.7. The van der Waals surface area contributed by atoms with Gasteiger partial charge in [-0.2, -0.15) is 0 Å². The molecule has 1 aliphatic rings. The molecule has 1 saturated heterocycles. The maximum atomic E-state index is 12.7. The number of rotatable bonds is 7. The first-order valence-corrected chi connectivity index (χ1v) is 8.47. The minimum Gasteiger partial charge on any atom is -0.493 e. The van der Waals surface area contributed by atoms with E-state index in [2.05, 4.69) is 5.43 Å². The van der Waals surface area contributed by atoms with Crippen molar-refractivity contribution >= 4 is 29.5 Å². The lowest BCUT2D eigenvalue weighted by Gasteiger charge is -2.14. The number of hydrogen-bond donors (Lipinski definition) is 2. The summed E-state index contributed by atoms with van der Waals surface area (Å²) in [4.78, 5) is 35.8. The third kappa shape index (κ3) is 4.13. The van der Waals surface area contributed by atoms with E-state index in [-0.39, 0.29) is 22.8 Å². The molecule has 2 aromatic carbocycles. The van der Waals surface area contributed by atoms with E-state index in [0.29, 0.717) is 11.3 Å². The van der Waals surface area contributed by atoms with Gasteiger partial charge in [-0.25, -0.2) is 9.80 Å². The highest BCUT2D eigenvalue weighted by molar-refractivity contribution is 6.31. The molecule has 1 aliphatic heterocycles. The van der Waals surface area contributed by atoms with Crippen molar-refractivity contribution in [2.45, 2.75) is 0 Å². The van der Waals surface area contributed by atoms with Crippen molar-refractivity contribution < 1.29 is 33.7 Å². The van der Waals surface area contributed by atoms with Gasteiger partial charge in [0, 0.05) is 0 Å². The molecule has 2 amide bonds. The minimum atomic E-state index is -1.16. The van der Waals surface area contributed by atoms with E-state index >= 15 is 0 Å². The molecule has 3 rings (SSSR count). The van der Waals surface area contributed by atoms with E-state index < -0.39 is 24.4 Å².